The summed E-state index contributed by atoms with van der Waals surface area (Å²) in [5.41, 5.74) is 0. The van der Waals surface area contributed by atoms with E-state index in [9.17, 15) is 14.4 Å². The average Bonchev–Trinajstić information content (AvgIpc) is 3.34. The van der Waals surface area contributed by atoms with Crippen LogP contribution in [0.4, 0.5) is 0 Å². The van der Waals surface area contributed by atoms with Crippen molar-refractivity contribution in [2.24, 2.45) is 0 Å². The Hall–Kier alpha value is -3.15. The molecule has 392 valence electrons. The van der Waals surface area contributed by atoms with Gasteiger partial charge in [0.1, 0.15) is 13.2 Å². The van der Waals surface area contributed by atoms with Crippen LogP contribution in [0.25, 0.3) is 0 Å². The lowest BCUT2D eigenvalue weighted by Gasteiger charge is -2.18. The number of unbranched alkanes of at least 4 members (excludes halogenated alkanes) is 29. The van der Waals surface area contributed by atoms with Crippen LogP contribution in [0.2, 0.25) is 0 Å². The number of hydrogen-bond donors (Lipinski definition) is 0. The van der Waals surface area contributed by atoms with E-state index in [-0.39, 0.29) is 31.1 Å². The molecule has 0 saturated heterocycles. The Bertz CT molecular complexity index is 1270. The van der Waals surface area contributed by atoms with E-state index in [1.807, 2.05) is 0 Å². The molecule has 0 rings (SSSR count). The molecule has 0 bridgehead atoms. The fourth-order valence-corrected chi connectivity index (χ4v) is 8.00. The van der Waals surface area contributed by atoms with Gasteiger partial charge in [-0.15, -0.1) is 0 Å². The van der Waals surface area contributed by atoms with Gasteiger partial charge in [0, 0.05) is 19.3 Å². The van der Waals surface area contributed by atoms with Crippen molar-refractivity contribution >= 4 is 17.9 Å². The summed E-state index contributed by atoms with van der Waals surface area (Å²) in [7, 11) is 0. The molecule has 0 saturated carbocycles. The van der Waals surface area contributed by atoms with Crippen molar-refractivity contribution in [3.8, 4) is 0 Å². The SMILES string of the molecule is CCCCC/C=C\C/C=C\C/C=C\CCCCCCCCC(=O)OC[C@@H](COC(=O)CCCCCCC/C=C\C/C=C\CCCCC)OC(=O)CCCCCCC/C=C\CCCCCCCCC. The number of esters is 3. The van der Waals surface area contributed by atoms with E-state index >= 15 is 0 Å². The van der Waals surface area contributed by atoms with Gasteiger partial charge in [0.25, 0.3) is 0 Å². The minimum atomic E-state index is -0.791. The lowest BCUT2D eigenvalue weighted by molar-refractivity contribution is -0.167. The third-order valence-electron chi connectivity index (χ3n) is 12.4. The van der Waals surface area contributed by atoms with E-state index < -0.39 is 6.10 Å². The van der Waals surface area contributed by atoms with Crippen LogP contribution in [0.5, 0.6) is 0 Å². The van der Waals surface area contributed by atoms with E-state index in [2.05, 4.69) is 93.7 Å². The molecule has 0 fully saturated rings. The van der Waals surface area contributed by atoms with Gasteiger partial charge in [-0.05, 0) is 116 Å². The van der Waals surface area contributed by atoms with Crippen molar-refractivity contribution < 1.29 is 28.6 Å². The summed E-state index contributed by atoms with van der Waals surface area (Å²) in [4.78, 5) is 38.2. The van der Waals surface area contributed by atoms with Gasteiger partial charge in [0.05, 0.1) is 0 Å². The smallest absolute Gasteiger partial charge is 0.306 e. The number of allylic oxidation sites excluding steroid dienone is 12. The highest BCUT2D eigenvalue weighted by atomic mass is 16.6. The summed E-state index contributed by atoms with van der Waals surface area (Å²) in [6.45, 7) is 6.57. The average molecular weight is 950 g/mol. The first-order chi connectivity index (χ1) is 33.5. The molecule has 0 N–H and O–H groups in total. The summed E-state index contributed by atoms with van der Waals surface area (Å²) < 4.78 is 16.8. The molecule has 0 spiro atoms. The van der Waals surface area contributed by atoms with Crippen LogP contribution < -0.4 is 0 Å². The molecular weight excluding hydrogens is 841 g/mol. The maximum Gasteiger partial charge on any atom is 0.306 e. The number of hydrogen-bond acceptors (Lipinski definition) is 6. The molecule has 0 aromatic heterocycles. The Morgan fingerprint density at radius 3 is 0.868 bits per heavy atom. The Morgan fingerprint density at radius 2 is 0.529 bits per heavy atom. The quantitative estimate of drug-likeness (QED) is 0.0262. The van der Waals surface area contributed by atoms with Gasteiger partial charge in [0.15, 0.2) is 6.10 Å². The van der Waals surface area contributed by atoms with Crippen LogP contribution in [0.15, 0.2) is 72.9 Å². The molecule has 0 radical (unpaired) electrons. The van der Waals surface area contributed by atoms with Crippen molar-refractivity contribution in [3.63, 3.8) is 0 Å². The number of ether oxygens (including phenoxy) is 3. The standard InChI is InChI=1S/C62H108O6/c1-4-7-10-13-16-19-22-25-28-30-31-32-35-37-40-43-46-49-52-55-61(64)67-58-59(57-66-60(63)54-51-48-45-42-39-36-33-27-24-21-18-15-12-9-6-3)68-62(65)56-53-50-47-44-41-38-34-29-26-23-20-17-14-11-8-5-2/h16,18-19,21,25,27-29,31-34,59H,4-15,17,20,22-24,26,30,35-58H2,1-3H3/b19-16-,21-18-,28-25-,32-31-,33-27-,34-29-/t59-/m1/s1. The maximum atomic E-state index is 12.9. The molecule has 0 aliphatic heterocycles. The molecule has 0 aromatic rings. The zero-order valence-corrected chi connectivity index (χ0v) is 44.9. The largest absolute Gasteiger partial charge is 0.462 e. The van der Waals surface area contributed by atoms with Crippen LogP contribution in [-0.4, -0.2) is 37.2 Å². The van der Waals surface area contributed by atoms with Gasteiger partial charge in [-0.25, -0.2) is 0 Å². The predicted molar refractivity (Wildman–Crippen MR) is 293 cm³/mol. The molecule has 0 aromatic carbocycles. The normalized spacial score (nSPS) is 12.6. The van der Waals surface area contributed by atoms with Gasteiger partial charge in [0.2, 0.25) is 0 Å². The lowest BCUT2D eigenvalue weighted by Crippen LogP contribution is -2.30. The highest BCUT2D eigenvalue weighted by Crippen LogP contribution is 2.14. The Morgan fingerprint density at radius 1 is 0.294 bits per heavy atom. The fourth-order valence-electron chi connectivity index (χ4n) is 8.00. The van der Waals surface area contributed by atoms with Crippen molar-refractivity contribution in [1.29, 1.82) is 0 Å². The van der Waals surface area contributed by atoms with E-state index in [1.54, 1.807) is 0 Å². The highest BCUT2D eigenvalue weighted by molar-refractivity contribution is 5.71. The van der Waals surface area contributed by atoms with Crippen molar-refractivity contribution in [2.45, 2.75) is 290 Å². The van der Waals surface area contributed by atoms with Crippen LogP contribution in [0.3, 0.4) is 0 Å². The monoisotopic (exact) mass is 949 g/mol. The first kappa shape index (κ1) is 64.8. The van der Waals surface area contributed by atoms with Crippen LogP contribution in [-0.2, 0) is 28.6 Å². The minimum Gasteiger partial charge on any atom is -0.462 e. The molecule has 1 atom stereocenters. The maximum absolute atomic E-state index is 12.9. The molecule has 0 aliphatic carbocycles. The number of rotatable bonds is 52. The number of carbonyl (C=O) groups is 3. The Balaban J connectivity index is 4.43. The third-order valence-corrected chi connectivity index (χ3v) is 12.4. The molecule has 0 unspecified atom stereocenters. The Labute approximate surface area is 421 Å². The first-order valence-corrected chi connectivity index (χ1v) is 28.9. The molecule has 6 nitrogen and oxygen atoms in total. The second kappa shape index (κ2) is 56.4. The van der Waals surface area contributed by atoms with E-state index in [1.165, 1.54) is 135 Å². The van der Waals surface area contributed by atoms with Crippen LogP contribution in [0.1, 0.15) is 284 Å². The van der Waals surface area contributed by atoms with Crippen LogP contribution >= 0.6 is 0 Å². The third kappa shape index (κ3) is 53.8. The molecule has 0 amide bonds. The van der Waals surface area contributed by atoms with E-state index in [4.69, 9.17) is 14.2 Å². The fraction of sp³-hybridized carbons (Fsp3) is 0.758. The minimum absolute atomic E-state index is 0.0898. The summed E-state index contributed by atoms with van der Waals surface area (Å²) in [5.74, 6) is -0.916. The molecule has 68 heavy (non-hydrogen) atoms. The number of carbonyl (C=O) groups excluding carboxylic acids is 3. The molecular formula is C62H108O6. The summed E-state index contributed by atoms with van der Waals surface area (Å²) >= 11 is 0. The van der Waals surface area contributed by atoms with Crippen molar-refractivity contribution in [1.82, 2.24) is 0 Å². The molecule has 0 aliphatic rings. The van der Waals surface area contributed by atoms with Crippen LogP contribution in [0, 0.1) is 0 Å². The highest BCUT2D eigenvalue weighted by Gasteiger charge is 2.19. The van der Waals surface area contributed by atoms with E-state index in [0.717, 1.165) is 109 Å². The Kier molecular flexibility index (Phi) is 53.8. The topological polar surface area (TPSA) is 78.9 Å². The second-order valence-corrected chi connectivity index (χ2v) is 19.2. The first-order valence-electron chi connectivity index (χ1n) is 28.9. The van der Waals surface area contributed by atoms with Gasteiger partial charge >= 0.3 is 17.9 Å². The van der Waals surface area contributed by atoms with Gasteiger partial charge in [-0.3, -0.25) is 14.4 Å². The summed E-state index contributed by atoms with van der Waals surface area (Å²) in [6.07, 6.45) is 71.7. The zero-order chi connectivity index (χ0) is 49.3. The van der Waals surface area contributed by atoms with Crippen molar-refractivity contribution in [3.05, 3.63) is 72.9 Å². The van der Waals surface area contributed by atoms with Crippen molar-refractivity contribution in [2.75, 3.05) is 13.2 Å². The molecule has 6 heteroatoms. The zero-order valence-electron chi connectivity index (χ0n) is 44.9. The lowest BCUT2D eigenvalue weighted by atomic mass is 10.1. The van der Waals surface area contributed by atoms with Gasteiger partial charge in [-0.2, -0.15) is 0 Å². The van der Waals surface area contributed by atoms with Gasteiger partial charge < -0.3 is 14.2 Å². The summed E-state index contributed by atoms with van der Waals surface area (Å²) in [6, 6.07) is 0. The van der Waals surface area contributed by atoms with E-state index in [0.29, 0.717) is 19.3 Å². The molecule has 0 heterocycles. The summed E-state index contributed by atoms with van der Waals surface area (Å²) in [5, 5.41) is 0. The van der Waals surface area contributed by atoms with Gasteiger partial charge in [-0.1, -0.05) is 222 Å². The predicted octanol–water partition coefficient (Wildman–Crippen LogP) is 19.4. The second-order valence-electron chi connectivity index (χ2n) is 19.2.